The number of ether oxygens (including phenoxy) is 1. The van der Waals surface area contributed by atoms with Crippen LogP contribution in [0.2, 0.25) is 0 Å². The number of carbonyl (C=O) groups is 2. The van der Waals surface area contributed by atoms with Crippen molar-refractivity contribution in [3.8, 4) is 0 Å². The van der Waals surface area contributed by atoms with Gasteiger partial charge in [0.25, 0.3) is 0 Å². The molecule has 19 heavy (non-hydrogen) atoms. The minimum Gasteiger partial charge on any atom is -0.423 e. The topological polar surface area (TPSA) is 69.4 Å². The van der Waals surface area contributed by atoms with Crippen molar-refractivity contribution in [2.45, 2.75) is 32.6 Å². The zero-order valence-corrected chi connectivity index (χ0v) is 11.1. The number of carbonyl (C=O) groups excluding carboxylic acids is 2. The molecule has 0 aromatic carbocycles. The van der Waals surface area contributed by atoms with E-state index in [2.05, 4.69) is 6.58 Å². The zero-order chi connectivity index (χ0) is 14.0. The summed E-state index contributed by atoms with van der Waals surface area (Å²) in [5.41, 5.74) is 7.16. The average Bonchev–Trinajstić information content (AvgIpc) is 2.71. The van der Waals surface area contributed by atoms with Crippen LogP contribution in [-0.4, -0.2) is 11.9 Å². The summed E-state index contributed by atoms with van der Waals surface area (Å²) in [7, 11) is 0. The van der Waals surface area contributed by atoms with Crippen LogP contribution in [-0.2, 0) is 14.3 Å². The summed E-state index contributed by atoms with van der Waals surface area (Å²) in [4.78, 5) is 22.8. The normalized spacial score (nSPS) is 24.3. The standard InChI is InChI=1S/C15H19NO3/c1-9-3-5-11(6-4-9)13-8-12(19-15(13)18)7-10(2)14(16)17/h7-8,10-11H,1,3-6H2,2H3,(H2,16,17)/b12-7+/t10-/m0/s1. The first kappa shape index (κ1) is 13.6. The minimum absolute atomic E-state index is 0.243. The summed E-state index contributed by atoms with van der Waals surface area (Å²) in [6.45, 7) is 5.65. The number of amides is 1. The van der Waals surface area contributed by atoms with Crippen LogP contribution in [0.4, 0.5) is 0 Å². The van der Waals surface area contributed by atoms with Crippen LogP contribution in [0.5, 0.6) is 0 Å². The second kappa shape index (κ2) is 5.43. The van der Waals surface area contributed by atoms with Gasteiger partial charge in [-0.05, 0) is 50.7 Å². The highest BCUT2D eigenvalue weighted by atomic mass is 16.5. The van der Waals surface area contributed by atoms with E-state index in [4.69, 9.17) is 10.5 Å². The highest BCUT2D eigenvalue weighted by Crippen LogP contribution is 2.35. The number of hydrogen-bond donors (Lipinski definition) is 1. The number of cyclic esters (lactones) is 1. The number of primary amides is 1. The highest BCUT2D eigenvalue weighted by molar-refractivity contribution is 5.93. The van der Waals surface area contributed by atoms with Crippen molar-refractivity contribution >= 4 is 11.9 Å². The Bertz CT molecular complexity index is 478. The fourth-order valence-corrected chi connectivity index (χ4v) is 2.44. The van der Waals surface area contributed by atoms with Crippen LogP contribution in [0.1, 0.15) is 32.6 Å². The Kier molecular flexibility index (Phi) is 3.88. The third-order valence-electron chi connectivity index (χ3n) is 3.74. The predicted molar refractivity (Wildman–Crippen MR) is 71.7 cm³/mol. The van der Waals surface area contributed by atoms with Crippen molar-refractivity contribution in [2.24, 2.45) is 17.6 Å². The lowest BCUT2D eigenvalue weighted by atomic mass is 9.82. The van der Waals surface area contributed by atoms with Crippen LogP contribution in [0.15, 0.2) is 35.6 Å². The molecule has 1 fully saturated rings. The van der Waals surface area contributed by atoms with E-state index in [1.807, 2.05) is 0 Å². The van der Waals surface area contributed by atoms with E-state index in [-0.39, 0.29) is 11.9 Å². The van der Waals surface area contributed by atoms with E-state index >= 15 is 0 Å². The molecule has 4 nitrogen and oxygen atoms in total. The van der Waals surface area contributed by atoms with Gasteiger partial charge in [-0.15, -0.1) is 0 Å². The molecule has 0 saturated heterocycles. The molecule has 0 radical (unpaired) electrons. The van der Waals surface area contributed by atoms with E-state index in [9.17, 15) is 9.59 Å². The molecule has 2 N–H and O–H groups in total. The van der Waals surface area contributed by atoms with Crippen molar-refractivity contribution in [3.05, 3.63) is 35.6 Å². The zero-order valence-electron chi connectivity index (χ0n) is 11.1. The molecule has 1 heterocycles. The van der Waals surface area contributed by atoms with Gasteiger partial charge in [-0.2, -0.15) is 0 Å². The predicted octanol–water partition coefficient (Wildman–Crippen LogP) is 2.22. The van der Waals surface area contributed by atoms with Crippen LogP contribution >= 0.6 is 0 Å². The van der Waals surface area contributed by atoms with E-state index in [0.29, 0.717) is 5.76 Å². The Morgan fingerprint density at radius 2 is 2.16 bits per heavy atom. The Morgan fingerprint density at radius 3 is 2.74 bits per heavy atom. The van der Waals surface area contributed by atoms with Gasteiger partial charge in [-0.3, -0.25) is 4.79 Å². The van der Waals surface area contributed by atoms with Gasteiger partial charge in [0.05, 0.1) is 5.92 Å². The van der Waals surface area contributed by atoms with Crippen LogP contribution in [0.3, 0.4) is 0 Å². The summed E-state index contributed by atoms with van der Waals surface area (Å²) >= 11 is 0. The molecule has 2 rings (SSSR count). The second-order valence-corrected chi connectivity index (χ2v) is 5.27. The second-order valence-electron chi connectivity index (χ2n) is 5.27. The molecule has 1 atom stereocenters. The quantitative estimate of drug-likeness (QED) is 0.625. The maximum Gasteiger partial charge on any atom is 0.339 e. The van der Waals surface area contributed by atoms with Crippen molar-refractivity contribution in [1.29, 1.82) is 0 Å². The minimum atomic E-state index is -0.440. The summed E-state index contributed by atoms with van der Waals surface area (Å²) in [5, 5.41) is 0. The first-order chi connectivity index (χ1) is 8.97. The lowest BCUT2D eigenvalue weighted by molar-refractivity contribution is -0.134. The van der Waals surface area contributed by atoms with Gasteiger partial charge in [0.15, 0.2) is 0 Å². The fourth-order valence-electron chi connectivity index (χ4n) is 2.44. The SMILES string of the molecule is C=C1CCC(C2=C/C(=C\[C@H](C)C(N)=O)OC2=O)CC1. The van der Waals surface area contributed by atoms with E-state index in [1.165, 1.54) is 5.57 Å². The highest BCUT2D eigenvalue weighted by Gasteiger charge is 2.30. The average molecular weight is 261 g/mol. The van der Waals surface area contributed by atoms with Gasteiger partial charge in [-0.25, -0.2) is 4.79 Å². The molecule has 1 aliphatic carbocycles. The van der Waals surface area contributed by atoms with Crippen LogP contribution in [0.25, 0.3) is 0 Å². The lowest BCUT2D eigenvalue weighted by Crippen LogP contribution is -2.19. The Hall–Kier alpha value is -1.84. The van der Waals surface area contributed by atoms with Gasteiger partial charge in [0.1, 0.15) is 5.76 Å². The van der Waals surface area contributed by atoms with Crippen molar-refractivity contribution in [2.75, 3.05) is 0 Å². The Labute approximate surface area is 113 Å². The summed E-state index contributed by atoms with van der Waals surface area (Å²) in [6, 6.07) is 0. The lowest BCUT2D eigenvalue weighted by Gasteiger charge is -2.22. The molecule has 1 aliphatic heterocycles. The molecule has 1 amide bonds. The first-order valence-corrected chi connectivity index (χ1v) is 6.59. The van der Waals surface area contributed by atoms with Crippen LogP contribution in [0, 0.1) is 11.8 Å². The van der Waals surface area contributed by atoms with Gasteiger partial charge in [0, 0.05) is 5.57 Å². The van der Waals surface area contributed by atoms with Gasteiger partial charge >= 0.3 is 5.97 Å². The maximum atomic E-state index is 11.8. The molecule has 0 aromatic rings. The van der Waals surface area contributed by atoms with Gasteiger partial charge in [-0.1, -0.05) is 12.2 Å². The Morgan fingerprint density at radius 1 is 1.53 bits per heavy atom. The summed E-state index contributed by atoms with van der Waals surface area (Å²) < 4.78 is 5.17. The molecule has 0 aromatic heterocycles. The molecule has 1 saturated carbocycles. The molecule has 0 bridgehead atoms. The number of esters is 1. The third kappa shape index (κ3) is 3.13. The largest absolute Gasteiger partial charge is 0.423 e. The number of nitrogens with two attached hydrogens (primary N) is 1. The number of rotatable bonds is 3. The molecule has 4 heteroatoms. The smallest absolute Gasteiger partial charge is 0.339 e. The Balaban J connectivity index is 2.11. The van der Waals surface area contributed by atoms with Gasteiger partial charge < -0.3 is 10.5 Å². The monoisotopic (exact) mass is 261 g/mol. The molecular weight excluding hydrogens is 242 g/mol. The van der Waals surface area contributed by atoms with Crippen molar-refractivity contribution in [3.63, 3.8) is 0 Å². The number of hydrogen-bond acceptors (Lipinski definition) is 3. The summed E-state index contributed by atoms with van der Waals surface area (Å²) in [5.74, 6) is -0.479. The third-order valence-corrected chi connectivity index (χ3v) is 3.74. The molecule has 0 unspecified atom stereocenters. The first-order valence-electron chi connectivity index (χ1n) is 6.59. The fraction of sp³-hybridized carbons (Fsp3) is 0.467. The molecular formula is C15H19NO3. The molecule has 0 spiro atoms. The molecule has 2 aliphatic rings. The van der Waals surface area contributed by atoms with Crippen molar-refractivity contribution < 1.29 is 14.3 Å². The van der Waals surface area contributed by atoms with E-state index in [0.717, 1.165) is 31.3 Å². The van der Waals surface area contributed by atoms with Gasteiger partial charge in [0.2, 0.25) is 5.91 Å². The number of allylic oxidation sites excluding steroid dienone is 2. The van der Waals surface area contributed by atoms with Crippen molar-refractivity contribution in [1.82, 2.24) is 0 Å². The van der Waals surface area contributed by atoms with Crippen LogP contribution < -0.4 is 5.73 Å². The molecule has 102 valence electrons. The van der Waals surface area contributed by atoms with E-state index < -0.39 is 11.8 Å². The summed E-state index contributed by atoms with van der Waals surface area (Å²) in [6.07, 6.45) is 7.16. The maximum absolute atomic E-state index is 11.8. The van der Waals surface area contributed by atoms with E-state index in [1.54, 1.807) is 19.1 Å².